The van der Waals surface area contributed by atoms with Crippen LogP contribution >= 0.6 is 22.7 Å². The van der Waals surface area contributed by atoms with Gasteiger partial charge in [-0.05, 0) is 41.1 Å². The highest BCUT2D eigenvalue weighted by Gasteiger charge is 2.25. The highest BCUT2D eigenvalue weighted by Crippen LogP contribution is 2.27. The van der Waals surface area contributed by atoms with Crippen LogP contribution in [-0.2, 0) is 20.0 Å². The molecule has 38 heavy (non-hydrogen) atoms. The maximum atomic E-state index is 13.0. The first-order valence-electron chi connectivity index (χ1n) is 10.9. The third kappa shape index (κ3) is 5.38. The first-order valence-corrected chi connectivity index (χ1v) is 15.6. The van der Waals surface area contributed by atoms with Gasteiger partial charge in [-0.1, -0.05) is 36.4 Å². The van der Waals surface area contributed by atoms with Gasteiger partial charge in [0.2, 0.25) is 0 Å². The Kier molecular flexibility index (Phi) is 6.88. The van der Waals surface area contributed by atoms with Crippen molar-refractivity contribution in [3.63, 3.8) is 0 Å². The Morgan fingerprint density at radius 1 is 0.763 bits per heavy atom. The van der Waals surface area contributed by atoms with Crippen LogP contribution in [0, 0.1) is 0 Å². The van der Waals surface area contributed by atoms with E-state index in [-0.39, 0.29) is 37.6 Å². The van der Waals surface area contributed by atoms with E-state index in [2.05, 4.69) is 20.0 Å². The average molecular weight is 587 g/mol. The fraction of sp³-hybridized carbons (Fsp3) is 0.0417. The van der Waals surface area contributed by atoms with Crippen LogP contribution in [0.1, 0.15) is 32.7 Å². The SMILES string of the molecule is O=C(N/N=C1\CC(=O)c2ccccc21)c1cc(NS(=O)(=O)c2cccs2)cc(NS(=O)(=O)c2cccs2)c1. The molecule has 1 aliphatic rings. The lowest BCUT2D eigenvalue weighted by Gasteiger charge is -2.13. The Morgan fingerprint density at radius 3 is 1.84 bits per heavy atom. The van der Waals surface area contributed by atoms with Crippen LogP contribution in [0.2, 0.25) is 0 Å². The lowest BCUT2D eigenvalue weighted by Crippen LogP contribution is -2.21. The number of hydrogen-bond donors (Lipinski definition) is 3. The number of hydrogen-bond acceptors (Lipinski definition) is 9. The van der Waals surface area contributed by atoms with E-state index in [1.165, 1.54) is 30.3 Å². The van der Waals surface area contributed by atoms with Crippen LogP contribution in [0.25, 0.3) is 0 Å². The number of carbonyl (C=O) groups is 2. The third-order valence-electron chi connectivity index (χ3n) is 5.38. The molecule has 10 nitrogen and oxygen atoms in total. The van der Waals surface area contributed by atoms with Gasteiger partial charge in [-0.15, -0.1) is 22.7 Å². The number of nitrogens with one attached hydrogen (secondary N) is 3. The number of nitrogens with zero attached hydrogens (tertiary/aromatic N) is 1. The normalized spacial score (nSPS) is 14.3. The van der Waals surface area contributed by atoms with Gasteiger partial charge in [-0.3, -0.25) is 19.0 Å². The van der Waals surface area contributed by atoms with E-state index in [9.17, 15) is 26.4 Å². The number of benzene rings is 2. The third-order valence-corrected chi connectivity index (χ3v) is 10.9. The summed E-state index contributed by atoms with van der Waals surface area (Å²) in [6, 6.07) is 16.7. The summed E-state index contributed by atoms with van der Waals surface area (Å²) in [6.45, 7) is 0. The number of amides is 1. The van der Waals surface area contributed by atoms with Crippen molar-refractivity contribution in [1.82, 2.24) is 5.43 Å². The molecule has 0 fully saturated rings. The Hall–Kier alpha value is -3.85. The Labute approximate surface area is 226 Å². The van der Waals surface area contributed by atoms with E-state index in [0.29, 0.717) is 16.8 Å². The van der Waals surface area contributed by atoms with E-state index in [1.807, 2.05) is 0 Å². The summed E-state index contributed by atoms with van der Waals surface area (Å²) in [6.07, 6.45) is 0.0200. The van der Waals surface area contributed by atoms with E-state index in [4.69, 9.17) is 0 Å². The second kappa shape index (κ2) is 10.1. The predicted molar refractivity (Wildman–Crippen MR) is 146 cm³/mol. The summed E-state index contributed by atoms with van der Waals surface area (Å²) in [5.74, 6) is -0.855. The number of ketones is 1. The number of fused-ring (bicyclic) bond motifs is 1. The Morgan fingerprint density at radius 2 is 1.32 bits per heavy atom. The zero-order valence-corrected chi connectivity index (χ0v) is 22.5. The second-order valence-corrected chi connectivity index (χ2v) is 13.7. The van der Waals surface area contributed by atoms with Crippen molar-refractivity contribution >= 4 is 71.5 Å². The van der Waals surface area contributed by atoms with Crippen molar-refractivity contribution in [3.05, 3.63) is 94.2 Å². The molecule has 194 valence electrons. The van der Waals surface area contributed by atoms with Gasteiger partial charge in [0.25, 0.3) is 26.0 Å². The zero-order chi connectivity index (χ0) is 26.9. The average Bonchev–Trinajstić information content (AvgIpc) is 3.64. The first kappa shape index (κ1) is 25.8. The van der Waals surface area contributed by atoms with Gasteiger partial charge in [0.15, 0.2) is 5.78 Å². The highest BCUT2D eigenvalue weighted by molar-refractivity contribution is 7.95. The summed E-state index contributed by atoms with van der Waals surface area (Å²) >= 11 is 2.01. The van der Waals surface area contributed by atoms with Crippen molar-refractivity contribution in [2.75, 3.05) is 9.44 Å². The Balaban J connectivity index is 1.47. The van der Waals surface area contributed by atoms with Crippen LogP contribution in [0.3, 0.4) is 0 Å². The van der Waals surface area contributed by atoms with Crippen molar-refractivity contribution in [2.24, 2.45) is 5.10 Å². The number of sulfonamides is 2. The lowest BCUT2D eigenvalue weighted by molar-refractivity contribution is 0.0952. The zero-order valence-electron chi connectivity index (χ0n) is 19.2. The van der Waals surface area contributed by atoms with Gasteiger partial charge in [-0.2, -0.15) is 5.10 Å². The summed E-state index contributed by atoms with van der Waals surface area (Å²) < 4.78 is 56.0. The molecule has 0 saturated heterocycles. The molecule has 0 radical (unpaired) electrons. The maximum Gasteiger partial charge on any atom is 0.271 e. The molecule has 0 aliphatic heterocycles. The molecule has 0 saturated carbocycles. The quantitative estimate of drug-likeness (QED) is 0.264. The van der Waals surface area contributed by atoms with Crippen LogP contribution in [0.4, 0.5) is 11.4 Å². The number of hydrazone groups is 1. The van der Waals surface area contributed by atoms with Gasteiger partial charge in [0, 0.05) is 16.7 Å². The number of anilines is 2. The van der Waals surface area contributed by atoms with Crippen LogP contribution in [-0.4, -0.2) is 34.2 Å². The maximum absolute atomic E-state index is 13.0. The van der Waals surface area contributed by atoms with E-state index in [1.54, 1.807) is 47.2 Å². The van der Waals surface area contributed by atoms with E-state index >= 15 is 0 Å². The molecule has 0 bridgehead atoms. The number of rotatable bonds is 8. The first-order chi connectivity index (χ1) is 18.1. The minimum atomic E-state index is -3.98. The molecule has 14 heteroatoms. The molecule has 2 aromatic carbocycles. The van der Waals surface area contributed by atoms with Gasteiger partial charge in [0.1, 0.15) is 8.42 Å². The fourth-order valence-electron chi connectivity index (χ4n) is 3.72. The lowest BCUT2D eigenvalue weighted by atomic mass is 10.1. The summed E-state index contributed by atoms with van der Waals surface area (Å²) in [7, 11) is -7.97. The summed E-state index contributed by atoms with van der Waals surface area (Å²) in [5, 5.41) is 7.31. The molecule has 1 aliphatic carbocycles. The van der Waals surface area contributed by atoms with E-state index < -0.39 is 26.0 Å². The minimum absolute atomic E-state index is 0.0200. The number of carbonyl (C=O) groups excluding carboxylic acids is 2. The predicted octanol–water partition coefficient (Wildman–Crippen LogP) is 4.13. The minimum Gasteiger partial charge on any atom is -0.294 e. The van der Waals surface area contributed by atoms with Gasteiger partial charge in [-0.25, -0.2) is 22.3 Å². The van der Waals surface area contributed by atoms with E-state index in [0.717, 1.165) is 22.7 Å². The van der Waals surface area contributed by atoms with Gasteiger partial charge in [0.05, 0.1) is 23.5 Å². The smallest absolute Gasteiger partial charge is 0.271 e. The summed E-state index contributed by atoms with van der Waals surface area (Å²) in [4.78, 5) is 25.3. The highest BCUT2D eigenvalue weighted by atomic mass is 32.3. The molecular formula is C24H18N4O6S4. The molecule has 0 unspecified atom stereocenters. The molecule has 1 amide bonds. The van der Waals surface area contributed by atoms with Crippen molar-refractivity contribution in [1.29, 1.82) is 0 Å². The van der Waals surface area contributed by atoms with Crippen molar-refractivity contribution in [3.8, 4) is 0 Å². The fourth-order valence-corrected chi connectivity index (χ4v) is 7.79. The molecule has 2 heterocycles. The second-order valence-electron chi connectivity index (χ2n) is 8.02. The molecule has 3 N–H and O–H groups in total. The van der Waals surface area contributed by atoms with Gasteiger partial charge >= 0.3 is 0 Å². The van der Waals surface area contributed by atoms with Crippen LogP contribution in [0.5, 0.6) is 0 Å². The Bertz CT molecular complexity index is 1690. The van der Waals surface area contributed by atoms with Crippen molar-refractivity contribution < 1.29 is 26.4 Å². The molecule has 4 aromatic rings. The van der Waals surface area contributed by atoms with Crippen LogP contribution in [0.15, 0.2) is 91.0 Å². The molecule has 0 spiro atoms. The van der Waals surface area contributed by atoms with Gasteiger partial charge < -0.3 is 0 Å². The molecule has 0 atom stereocenters. The molecule has 2 aromatic heterocycles. The summed E-state index contributed by atoms with van der Waals surface area (Å²) in [5.41, 5.74) is 3.74. The number of Topliss-reactive ketones (excluding diaryl/α,β-unsaturated/α-hetero) is 1. The monoisotopic (exact) mass is 586 g/mol. The largest absolute Gasteiger partial charge is 0.294 e. The topological polar surface area (TPSA) is 151 Å². The van der Waals surface area contributed by atoms with Crippen LogP contribution < -0.4 is 14.9 Å². The van der Waals surface area contributed by atoms with Crippen molar-refractivity contribution in [2.45, 2.75) is 14.8 Å². The molecule has 5 rings (SSSR count). The number of thiophene rings is 2. The molecular weight excluding hydrogens is 569 g/mol. The standard InChI is InChI=1S/C24H18N4O6S4/c29-21-14-20(18-5-1-2-6-19(18)21)25-26-24(30)15-11-16(27-37(31,32)22-7-3-9-35-22)13-17(12-15)28-38(33,34)23-8-4-10-36-23/h1-13,27-28H,14H2,(H,26,30)/b25-20+.